The Kier molecular flexibility index (Phi) is 6.68. The monoisotopic (exact) mass is 378 g/mol. The summed E-state index contributed by atoms with van der Waals surface area (Å²) in [6, 6.07) is 13.8. The molecule has 3 aromatic rings. The molecule has 0 radical (unpaired) electrons. The molecule has 0 unspecified atom stereocenters. The quantitative estimate of drug-likeness (QED) is 0.654. The van der Waals surface area contributed by atoms with Gasteiger partial charge in [0.25, 0.3) is 5.91 Å². The first-order valence-corrected chi connectivity index (χ1v) is 9.20. The van der Waals surface area contributed by atoms with E-state index < -0.39 is 0 Å². The summed E-state index contributed by atoms with van der Waals surface area (Å²) in [4.78, 5) is 22.8. The number of halogens is 1. The van der Waals surface area contributed by atoms with Crippen LogP contribution in [0.3, 0.4) is 0 Å². The summed E-state index contributed by atoms with van der Waals surface area (Å²) >= 11 is 0. The first-order valence-electron chi connectivity index (χ1n) is 9.20. The number of hydrogen-bond donors (Lipinski definition) is 1. The highest BCUT2D eigenvalue weighted by atomic mass is 19.1. The van der Waals surface area contributed by atoms with Crippen LogP contribution < -0.4 is 10.2 Å². The molecule has 2 heterocycles. The van der Waals surface area contributed by atoms with Crippen molar-refractivity contribution in [2.45, 2.75) is 12.8 Å². The van der Waals surface area contributed by atoms with Crippen molar-refractivity contribution in [3.63, 3.8) is 0 Å². The van der Waals surface area contributed by atoms with Crippen molar-refractivity contribution in [3.05, 3.63) is 89.6 Å². The van der Waals surface area contributed by atoms with Gasteiger partial charge in [0.2, 0.25) is 0 Å². The minimum Gasteiger partial charge on any atom is -0.359 e. The highest BCUT2D eigenvalue weighted by molar-refractivity contribution is 5.94. The minimum atomic E-state index is -0.259. The number of carbonyl (C=O) groups excluding carboxylic acids is 1. The first kappa shape index (κ1) is 19.5. The van der Waals surface area contributed by atoms with Gasteiger partial charge in [-0.05, 0) is 60.4 Å². The third kappa shape index (κ3) is 5.61. The number of benzene rings is 1. The van der Waals surface area contributed by atoms with Crippen molar-refractivity contribution in [2.75, 3.05) is 25.0 Å². The molecule has 28 heavy (non-hydrogen) atoms. The number of nitrogens with zero attached hydrogens (tertiary/aromatic N) is 3. The summed E-state index contributed by atoms with van der Waals surface area (Å²) < 4.78 is 12.9. The highest BCUT2D eigenvalue weighted by Crippen LogP contribution is 2.12. The highest BCUT2D eigenvalue weighted by Gasteiger charge is 2.09. The van der Waals surface area contributed by atoms with Crippen molar-refractivity contribution >= 4 is 11.7 Å². The fourth-order valence-electron chi connectivity index (χ4n) is 2.80. The summed E-state index contributed by atoms with van der Waals surface area (Å²) in [5, 5.41) is 2.90. The lowest BCUT2D eigenvalue weighted by molar-refractivity contribution is 0.0954. The molecule has 1 amide bonds. The fraction of sp³-hybridized carbons (Fsp3) is 0.227. The van der Waals surface area contributed by atoms with Gasteiger partial charge in [-0.1, -0.05) is 12.1 Å². The van der Waals surface area contributed by atoms with E-state index >= 15 is 0 Å². The van der Waals surface area contributed by atoms with Crippen LogP contribution in [0.2, 0.25) is 0 Å². The van der Waals surface area contributed by atoms with E-state index in [9.17, 15) is 9.18 Å². The topological polar surface area (TPSA) is 58.1 Å². The molecule has 3 rings (SSSR count). The van der Waals surface area contributed by atoms with E-state index in [1.54, 1.807) is 42.9 Å². The molecule has 0 aliphatic rings. The Bertz CT molecular complexity index is 900. The number of anilines is 1. The van der Waals surface area contributed by atoms with E-state index in [2.05, 4.69) is 15.3 Å². The second-order valence-corrected chi connectivity index (χ2v) is 6.56. The summed E-state index contributed by atoms with van der Waals surface area (Å²) in [5.74, 6) is 0.346. The summed E-state index contributed by atoms with van der Waals surface area (Å²) in [7, 11) is 1.96. The van der Waals surface area contributed by atoms with Crippen LogP contribution in [-0.2, 0) is 12.8 Å². The molecule has 5 nitrogen and oxygen atoms in total. The van der Waals surface area contributed by atoms with Crippen LogP contribution in [0.5, 0.6) is 0 Å². The molecule has 0 saturated carbocycles. The molecule has 6 heteroatoms. The molecule has 0 aliphatic carbocycles. The lowest BCUT2D eigenvalue weighted by Crippen LogP contribution is -2.27. The number of carbonyl (C=O) groups is 1. The van der Waals surface area contributed by atoms with Gasteiger partial charge in [-0.25, -0.2) is 9.37 Å². The second kappa shape index (κ2) is 9.60. The van der Waals surface area contributed by atoms with Crippen LogP contribution in [-0.4, -0.2) is 36.0 Å². The van der Waals surface area contributed by atoms with Crippen molar-refractivity contribution in [1.29, 1.82) is 0 Å². The molecular weight excluding hydrogens is 355 g/mol. The Balaban J connectivity index is 1.52. The normalized spacial score (nSPS) is 10.5. The van der Waals surface area contributed by atoms with Crippen LogP contribution >= 0.6 is 0 Å². The molecule has 0 spiro atoms. The van der Waals surface area contributed by atoms with E-state index in [0.717, 1.165) is 24.3 Å². The molecule has 0 bridgehead atoms. The number of pyridine rings is 2. The molecule has 0 fully saturated rings. The predicted octanol–water partition coefficient (Wildman–Crippen LogP) is 3.27. The van der Waals surface area contributed by atoms with Crippen LogP contribution in [0, 0.1) is 5.82 Å². The largest absolute Gasteiger partial charge is 0.359 e. The third-order valence-electron chi connectivity index (χ3n) is 4.50. The Morgan fingerprint density at radius 3 is 2.46 bits per heavy atom. The van der Waals surface area contributed by atoms with Gasteiger partial charge in [-0.2, -0.15) is 0 Å². The number of rotatable bonds is 8. The molecule has 144 valence electrons. The third-order valence-corrected chi connectivity index (χ3v) is 4.50. The number of amides is 1. The maximum atomic E-state index is 12.9. The van der Waals surface area contributed by atoms with Gasteiger partial charge in [0.15, 0.2) is 0 Å². The van der Waals surface area contributed by atoms with E-state index in [1.165, 1.54) is 17.7 Å². The molecular formula is C22H23FN4O. The lowest BCUT2D eigenvalue weighted by Gasteiger charge is -2.18. The van der Waals surface area contributed by atoms with Gasteiger partial charge in [-0.3, -0.25) is 9.78 Å². The molecule has 0 saturated heterocycles. The standard InChI is InChI=1S/C22H23FN4O/c1-27(15-10-18-6-11-24-12-7-18)21-16-19(9-14-25-21)22(28)26-13-8-17-2-4-20(23)5-3-17/h2-7,9,11-12,14,16H,8,10,13,15H2,1H3,(H,26,28). The number of aromatic nitrogens is 2. The molecule has 2 aromatic heterocycles. The minimum absolute atomic E-state index is 0.145. The predicted molar refractivity (Wildman–Crippen MR) is 108 cm³/mol. The summed E-state index contributed by atoms with van der Waals surface area (Å²) in [6.45, 7) is 1.27. The van der Waals surface area contributed by atoms with E-state index in [4.69, 9.17) is 0 Å². The van der Waals surface area contributed by atoms with E-state index in [1.807, 2.05) is 24.1 Å². The zero-order valence-corrected chi connectivity index (χ0v) is 15.8. The first-order chi connectivity index (χ1) is 13.6. The van der Waals surface area contributed by atoms with Gasteiger partial charge in [0, 0.05) is 44.3 Å². The average molecular weight is 378 g/mol. The SMILES string of the molecule is CN(CCc1ccncc1)c1cc(C(=O)NCCc2ccc(F)cc2)ccn1. The van der Waals surface area contributed by atoms with Gasteiger partial charge in [0.1, 0.15) is 11.6 Å². The number of nitrogens with one attached hydrogen (secondary N) is 1. The van der Waals surface area contributed by atoms with Crippen LogP contribution in [0.15, 0.2) is 67.1 Å². The summed E-state index contributed by atoms with van der Waals surface area (Å²) in [5.41, 5.74) is 2.75. The van der Waals surface area contributed by atoms with Crippen LogP contribution in [0.1, 0.15) is 21.5 Å². The lowest BCUT2D eigenvalue weighted by atomic mass is 10.1. The van der Waals surface area contributed by atoms with Gasteiger partial charge in [0.05, 0.1) is 0 Å². The van der Waals surface area contributed by atoms with Crippen molar-refractivity contribution in [2.24, 2.45) is 0 Å². The Hall–Kier alpha value is -3.28. The fourth-order valence-corrected chi connectivity index (χ4v) is 2.80. The Labute approximate surface area is 164 Å². The molecule has 0 aliphatic heterocycles. The van der Waals surface area contributed by atoms with E-state index in [-0.39, 0.29) is 11.7 Å². The zero-order valence-electron chi connectivity index (χ0n) is 15.8. The maximum absolute atomic E-state index is 12.9. The smallest absolute Gasteiger partial charge is 0.251 e. The van der Waals surface area contributed by atoms with Crippen LogP contribution in [0.25, 0.3) is 0 Å². The van der Waals surface area contributed by atoms with Crippen molar-refractivity contribution in [1.82, 2.24) is 15.3 Å². The molecule has 1 aromatic carbocycles. The van der Waals surface area contributed by atoms with Crippen molar-refractivity contribution < 1.29 is 9.18 Å². The maximum Gasteiger partial charge on any atom is 0.251 e. The van der Waals surface area contributed by atoms with Gasteiger partial charge < -0.3 is 10.2 Å². The van der Waals surface area contributed by atoms with E-state index in [0.29, 0.717) is 18.5 Å². The Morgan fingerprint density at radius 2 is 1.71 bits per heavy atom. The number of likely N-dealkylation sites (N-methyl/N-ethyl adjacent to an activating group) is 1. The summed E-state index contributed by atoms with van der Waals surface area (Å²) in [6.07, 6.45) is 6.73. The van der Waals surface area contributed by atoms with Gasteiger partial charge >= 0.3 is 0 Å². The Morgan fingerprint density at radius 1 is 1.00 bits per heavy atom. The van der Waals surface area contributed by atoms with Crippen molar-refractivity contribution in [3.8, 4) is 0 Å². The average Bonchev–Trinajstić information content (AvgIpc) is 2.74. The van der Waals surface area contributed by atoms with Gasteiger partial charge in [-0.15, -0.1) is 0 Å². The van der Waals surface area contributed by atoms with Crippen LogP contribution in [0.4, 0.5) is 10.2 Å². The molecule has 1 N–H and O–H groups in total. The molecule has 0 atom stereocenters. The second-order valence-electron chi connectivity index (χ2n) is 6.56. The number of hydrogen-bond acceptors (Lipinski definition) is 4. The zero-order chi connectivity index (χ0) is 19.8.